The predicted molar refractivity (Wildman–Crippen MR) is 60.0 cm³/mol. The van der Waals surface area contributed by atoms with Crippen molar-refractivity contribution in [2.24, 2.45) is 17.8 Å². The molecule has 0 spiro atoms. The van der Waals surface area contributed by atoms with Crippen LogP contribution in [-0.2, 0) is 9.59 Å². The summed E-state index contributed by atoms with van der Waals surface area (Å²) in [6.45, 7) is 5.74. The first-order chi connectivity index (χ1) is 7.52. The number of hydrogen-bond donors (Lipinski definition) is 3. The van der Waals surface area contributed by atoms with Gasteiger partial charge in [-0.15, -0.1) is 0 Å². The van der Waals surface area contributed by atoms with E-state index in [9.17, 15) is 9.59 Å². The van der Waals surface area contributed by atoms with Gasteiger partial charge in [0.1, 0.15) is 0 Å². The number of amides is 1. The molecule has 3 atom stereocenters. The van der Waals surface area contributed by atoms with Gasteiger partial charge < -0.3 is 15.7 Å². The second kappa shape index (κ2) is 5.84. The Morgan fingerprint density at radius 1 is 1.50 bits per heavy atom. The average Bonchev–Trinajstić information content (AvgIpc) is 2.64. The van der Waals surface area contributed by atoms with Crippen molar-refractivity contribution in [3.8, 4) is 0 Å². The van der Waals surface area contributed by atoms with E-state index in [4.69, 9.17) is 5.11 Å². The third-order valence-electron chi connectivity index (χ3n) is 3.15. The van der Waals surface area contributed by atoms with E-state index in [1.54, 1.807) is 6.92 Å². The van der Waals surface area contributed by atoms with E-state index in [1.807, 2.05) is 6.92 Å². The van der Waals surface area contributed by atoms with Gasteiger partial charge in [0.05, 0.1) is 11.8 Å². The molecule has 1 heterocycles. The minimum absolute atomic E-state index is 0.0279. The molecule has 1 rings (SSSR count). The number of rotatable bonds is 5. The second-order valence-corrected chi connectivity index (χ2v) is 4.56. The van der Waals surface area contributed by atoms with Gasteiger partial charge in [0, 0.05) is 13.1 Å². The average molecular weight is 228 g/mol. The van der Waals surface area contributed by atoms with Gasteiger partial charge in [0.2, 0.25) is 5.91 Å². The predicted octanol–water partition coefficient (Wildman–Crippen LogP) is 0.0689. The van der Waals surface area contributed by atoms with Crippen LogP contribution in [0.4, 0.5) is 0 Å². The van der Waals surface area contributed by atoms with Gasteiger partial charge in [0.15, 0.2) is 0 Å². The Morgan fingerprint density at radius 2 is 2.19 bits per heavy atom. The summed E-state index contributed by atoms with van der Waals surface area (Å²) in [6, 6.07) is 0. The number of carboxylic acid groups (broad SMARTS) is 1. The lowest BCUT2D eigenvalue weighted by molar-refractivity contribution is -0.141. The lowest BCUT2D eigenvalue weighted by Crippen LogP contribution is -2.35. The maximum absolute atomic E-state index is 11.7. The van der Waals surface area contributed by atoms with E-state index in [1.165, 1.54) is 0 Å². The lowest BCUT2D eigenvalue weighted by Gasteiger charge is -2.14. The van der Waals surface area contributed by atoms with Crippen molar-refractivity contribution in [3.63, 3.8) is 0 Å². The summed E-state index contributed by atoms with van der Waals surface area (Å²) >= 11 is 0. The van der Waals surface area contributed by atoms with Crippen molar-refractivity contribution < 1.29 is 14.7 Å². The first kappa shape index (κ1) is 13.0. The van der Waals surface area contributed by atoms with Crippen LogP contribution in [0.2, 0.25) is 0 Å². The van der Waals surface area contributed by atoms with Crippen LogP contribution in [0.1, 0.15) is 20.3 Å². The van der Waals surface area contributed by atoms with Crippen LogP contribution in [0.5, 0.6) is 0 Å². The summed E-state index contributed by atoms with van der Waals surface area (Å²) in [4.78, 5) is 22.3. The molecular weight excluding hydrogens is 208 g/mol. The smallest absolute Gasteiger partial charge is 0.306 e. The fraction of sp³-hybridized carbons (Fsp3) is 0.818. The quantitative estimate of drug-likeness (QED) is 0.622. The Labute approximate surface area is 95.6 Å². The molecule has 0 saturated carbocycles. The number of hydrogen-bond acceptors (Lipinski definition) is 3. The molecule has 1 amide bonds. The molecule has 1 aliphatic rings. The summed E-state index contributed by atoms with van der Waals surface area (Å²) in [5.41, 5.74) is 0. The first-order valence-corrected chi connectivity index (χ1v) is 5.73. The van der Waals surface area contributed by atoms with Crippen LogP contribution in [0.25, 0.3) is 0 Å². The summed E-state index contributed by atoms with van der Waals surface area (Å²) in [7, 11) is 0. The fourth-order valence-electron chi connectivity index (χ4n) is 1.83. The molecule has 1 fully saturated rings. The van der Waals surface area contributed by atoms with Crippen molar-refractivity contribution in [2.45, 2.75) is 20.3 Å². The Kier molecular flexibility index (Phi) is 4.73. The van der Waals surface area contributed by atoms with Crippen LogP contribution < -0.4 is 10.6 Å². The molecule has 5 heteroatoms. The zero-order valence-electron chi connectivity index (χ0n) is 9.82. The highest BCUT2D eigenvalue weighted by molar-refractivity contribution is 5.79. The number of aliphatic carboxylic acids is 1. The Hall–Kier alpha value is -1.10. The third kappa shape index (κ3) is 3.48. The summed E-state index contributed by atoms with van der Waals surface area (Å²) in [6.07, 6.45) is 0.482. The van der Waals surface area contributed by atoms with Crippen molar-refractivity contribution in [3.05, 3.63) is 0 Å². The molecule has 0 aromatic heterocycles. The summed E-state index contributed by atoms with van der Waals surface area (Å²) in [5.74, 6) is -0.795. The van der Waals surface area contributed by atoms with E-state index in [0.29, 0.717) is 18.9 Å². The Balaban J connectivity index is 2.22. The van der Waals surface area contributed by atoms with Crippen molar-refractivity contribution in [2.75, 3.05) is 19.6 Å². The maximum atomic E-state index is 11.7. The Morgan fingerprint density at radius 3 is 2.69 bits per heavy atom. The second-order valence-electron chi connectivity index (χ2n) is 4.56. The molecule has 3 N–H and O–H groups in total. The van der Waals surface area contributed by atoms with Gasteiger partial charge in [-0.1, -0.05) is 13.8 Å². The van der Waals surface area contributed by atoms with E-state index in [-0.39, 0.29) is 11.8 Å². The highest BCUT2D eigenvalue weighted by atomic mass is 16.4. The normalized spacial score (nSPS) is 26.4. The molecule has 3 unspecified atom stereocenters. The van der Waals surface area contributed by atoms with Gasteiger partial charge in [-0.2, -0.15) is 0 Å². The molecule has 1 aliphatic heterocycles. The highest BCUT2D eigenvalue weighted by Crippen LogP contribution is 2.15. The molecule has 1 saturated heterocycles. The van der Waals surface area contributed by atoms with E-state index >= 15 is 0 Å². The molecule has 92 valence electrons. The minimum atomic E-state index is -0.815. The first-order valence-electron chi connectivity index (χ1n) is 5.73. The molecule has 16 heavy (non-hydrogen) atoms. The van der Waals surface area contributed by atoms with E-state index in [2.05, 4.69) is 10.6 Å². The number of carbonyl (C=O) groups excluding carboxylic acids is 1. The lowest BCUT2D eigenvalue weighted by atomic mass is 9.97. The van der Waals surface area contributed by atoms with Gasteiger partial charge in [-0.3, -0.25) is 9.59 Å². The van der Waals surface area contributed by atoms with Crippen molar-refractivity contribution in [1.82, 2.24) is 10.6 Å². The SMILES string of the molecule is CC(CCNC(=O)C1CNCC1C)C(=O)O. The number of carbonyl (C=O) groups is 2. The molecule has 0 aliphatic carbocycles. The van der Waals surface area contributed by atoms with Gasteiger partial charge in [-0.05, 0) is 18.9 Å². The largest absolute Gasteiger partial charge is 0.481 e. The molecule has 0 bridgehead atoms. The summed E-state index contributed by atoms with van der Waals surface area (Å²) < 4.78 is 0. The van der Waals surface area contributed by atoms with Crippen LogP contribution in [0.15, 0.2) is 0 Å². The maximum Gasteiger partial charge on any atom is 0.306 e. The van der Waals surface area contributed by atoms with E-state index < -0.39 is 11.9 Å². The standard InChI is InChI=1S/C11H20N2O3/c1-7(11(15)16)3-4-13-10(14)9-6-12-5-8(9)2/h7-9,12H,3-6H2,1-2H3,(H,13,14)(H,15,16). The zero-order chi connectivity index (χ0) is 12.1. The van der Waals surface area contributed by atoms with Crippen molar-refractivity contribution >= 4 is 11.9 Å². The molecule has 0 radical (unpaired) electrons. The van der Waals surface area contributed by atoms with Crippen molar-refractivity contribution in [1.29, 1.82) is 0 Å². The summed E-state index contributed by atoms with van der Waals surface area (Å²) in [5, 5.41) is 14.6. The van der Waals surface area contributed by atoms with Crippen LogP contribution in [0, 0.1) is 17.8 Å². The minimum Gasteiger partial charge on any atom is -0.481 e. The molecule has 5 nitrogen and oxygen atoms in total. The van der Waals surface area contributed by atoms with Gasteiger partial charge in [-0.25, -0.2) is 0 Å². The highest BCUT2D eigenvalue weighted by Gasteiger charge is 2.29. The fourth-order valence-corrected chi connectivity index (χ4v) is 1.83. The topological polar surface area (TPSA) is 78.4 Å². The van der Waals surface area contributed by atoms with Gasteiger partial charge in [0.25, 0.3) is 0 Å². The van der Waals surface area contributed by atoms with Crippen LogP contribution >= 0.6 is 0 Å². The van der Waals surface area contributed by atoms with Crippen LogP contribution in [0.3, 0.4) is 0 Å². The molecular formula is C11H20N2O3. The third-order valence-corrected chi connectivity index (χ3v) is 3.15. The van der Waals surface area contributed by atoms with Gasteiger partial charge >= 0.3 is 5.97 Å². The molecule has 0 aromatic rings. The number of carboxylic acids is 1. The zero-order valence-corrected chi connectivity index (χ0v) is 9.82. The molecule has 0 aromatic carbocycles. The van der Waals surface area contributed by atoms with Crippen LogP contribution in [-0.4, -0.2) is 36.6 Å². The monoisotopic (exact) mass is 228 g/mol. The Bertz CT molecular complexity index is 268. The van der Waals surface area contributed by atoms with E-state index in [0.717, 1.165) is 13.1 Å². The number of nitrogens with one attached hydrogen (secondary N) is 2.